The molecule has 4 heteroatoms. The van der Waals surface area contributed by atoms with Crippen molar-refractivity contribution in [3.63, 3.8) is 0 Å². The number of aryl methyl sites for hydroxylation is 2. The summed E-state index contributed by atoms with van der Waals surface area (Å²) in [6.45, 7) is 3.86. The van der Waals surface area contributed by atoms with Crippen LogP contribution in [-0.4, -0.2) is 0 Å². The van der Waals surface area contributed by atoms with Crippen LogP contribution in [0.2, 0.25) is 0 Å². The van der Waals surface area contributed by atoms with Gasteiger partial charge in [-0.1, -0.05) is 0 Å². The standard InChI is InChI=1S/C14H13F2NO/c1-8-5-13(17)14(6-9(8)2)18-10-3-4-11(15)12(16)7-10/h3-7H,17H2,1-2H3. The van der Waals surface area contributed by atoms with E-state index in [1.165, 1.54) is 6.07 Å². The number of nitrogen functional groups attached to an aromatic ring is 1. The first-order valence-electron chi connectivity index (χ1n) is 5.47. The second-order valence-corrected chi connectivity index (χ2v) is 4.15. The highest BCUT2D eigenvalue weighted by Crippen LogP contribution is 2.30. The highest BCUT2D eigenvalue weighted by atomic mass is 19.2. The van der Waals surface area contributed by atoms with Crippen LogP contribution in [0, 0.1) is 25.5 Å². The Morgan fingerprint density at radius 3 is 2.28 bits per heavy atom. The predicted octanol–water partition coefficient (Wildman–Crippen LogP) is 3.96. The highest BCUT2D eigenvalue weighted by molar-refractivity contribution is 5.57. The van der Waals surface area contributed by atoms with Crippen LogP contribution in [0.1, 0.15) is 11.1 Å². The number of hydrogen-bond acceptors (Lipinski definition) is 2. The van der Waals surface area contributed by atoms with Gasteiger partial charge in [0.25, 0.3) is 0 Å². The third-order valence-corrected chi connectivity index (χ3v) is 2.75. The quantitative estimate of drug-likeness (QED) is 0.818. The molecule has 0 aliphatic rings. The van der Waals surface area contributed by atoms with E-state index >= 15 is 0 Å². The molecule has 0 heterocycles. The van der Waals surface area contributed by atoms with Crippen LogP contribution in [0.5, 0.6) is 11.5 Å². The zero-order chi connectivity index (χ0) is 13.3. The van der Waals surface area contributed by atoms with Gasteiger partial charge in [0.15, 0.2) is 17.4 Å². The molecule has 0 unspecified atom stereocenters. The summed E-state index contributed by atoms with van der Waals surface area (Å²) in [7, 11) is 0. The number of hydrogen-bond donors (Lipinski definition) is 1. The molecule has 0 atom stereocenters. The van der Waals surface area contributed by atoms with E-state index in [4.69, 9.17) is 10.5 Å². The van der Waals surface area contributed by atoms with Crippen LogP contribution in [0.15, 0.2) is 30.3 Å². The molecule has 0 saturated heterocycles. The molecule has 0 saturated carbocycles. The fraction of sp³-hybridized carbons (Fsp3) is 0.143. The fourth-order valence-electron chi connectivity index (χ4n) is 1.57. The van der Waals surface area contributed by atoms with E-state index in [2.05, 4.69) is 0 Å². The molecule has 0 bridgehead atoms. The Labute approximate surface area is 104 Å². The summed E-state index contributed by atoms with van der Waals surface area (Å²) >= 11 is 0. The Hall–Kier alpha value is -2.10. The van der Waals surface area contributed by atoms with Crippen molar-refractivity contribution in [3.05, 3.63) is 53.1 Å². The summed E-state index contributed by atoms with van der Waals surface area (Å²) in [5.41, 5.74) is 8.34. The molecule has 94 valence electrons. The van der Waals surface area contributed by atoms with E-state index in [1.54, 1.807) is 12.1 Å². The first-order valence-corrected chi connectivity index (χ1v) is 5.47. The van der Waals surface area contributed by atoms with Crippen LogP contribution in [0.4, 0.5) is 14.5 Å². The average Bonchev–Trinajstić information content (AvgIpc) is 2.31. The molecule has 2 rings (SSSR count). The van der Waals surface area contributed by atoms with Crippen LogP contribution >= 0.6 is 0 Å². The SMILES string of the molecule is Cc1cc(N)c(Oc2ccc(F)c(F)c2)cc1C. The van der Waals surface area contributed by atoms with Gasteiger partial charge in [-0.2, -0.15) is 0 Å². The first kappa shape index (κ1) is 12.4. The molecule has 2 aromatic rings. The highest BCUT2D eigenvalue weighted by Gasteiger charge is 2.08. The summed E-state index contributed by atoms with van der Waals surface area (Å²) in [6.07, 6.45) is 0. The molecule has 0 spiro atoms. The number of rotatable bonds is 2. The summed E-state index contributed by atoms with van der Waals surface area (Å²) in [6, 6.07) is 6.91. The molecule has 0 aliphatic carbocycles. The second kappa shape index (κ2) is 4.64. The Balaban J connectivity index is 2.34. The zero-order valence-corrected chi connectivity index (χ0v) is 10.1. The van der Waals surface area contributed by atoms with E-state index in [-0.39, 0.29) is 5.75 Å². The minimum absolute atomic E-state index is 0.212. The lowest BCUT2D eigenvalue weighted by molar-refractivity contribution is 0.463. The van der Waals surface area contributed by atoms with Gasteiger partial charge in [-0.25, -0.2) is 8.78 Å². The summed E-state index contributed by atoms with van der Waals surface area (Å²) in [4.78, 5) is 0. The fourth-order valence-corrected chi connectivity index (χ4v) is 1.57. The number of halogens is 2. The smallest absolute Gasteiger partial charge is 0.162 e. The van der Waals surface area contributed by atoms with Gasteiger partial charge in [0.1, 0.15) is 5.75 Å². The molecule has 0 aromatic heterocycles. The van der Waals surface area contributed by atoms with Crippen molar-refractivity contribution in [2.45, 2.75) is 13.8 Å². The van der Waals surface area contributed by atoms with Crippen molar-refractivity contribution in [3.8, 4) is 11.5 Å². The van der Waals surface area contributed by atoms with Crippen molar-refractivity contribution in [1.82, 2.24) is 0 Å². The molecule has 18 heavy (non-hydrogen) atoms. The van der Waals surface area contributed by atoms with Crippen molar-refractivity contribution in [2.75, 3.05) is 5.73 Å². The third-order valence-electron chi connectivity index (χ3n) is 2.75. The van der Waals surface area contributed by atoms with E-state index in [0.717, 1.165) is 23.3 Å². The minimum Gasteiger partial charge on any atom is -0.455 e. The van der Waals surface area contributed by atoms with E-state index in [0.29, 0.717) is 11.4 Å². The molecule has 0 aliphatic heterocycles. The number of nitrogens with two attached hydrogens (primary N) is 1. The van der Waals surface area contributed by atoms with Gasteiger partial charge in [0, 0.05) is 6.07 Å². The maximum atomic E-state index is 13.0. The monoisotopic (exact) mass is 249 g/mol. The van der Waals surface area contributed by atoms with E-state index in [9.17, 15) is 8.78 Å². The molecular formula is C14H13F2NO. The number of anilines is 1. The maximum Gasteiger partial charge on any atom is 0.162 e. The first-order chi connectivity index (χ1) is 8.47. The Kier molecular flexibility index (Phi) is 3.19. The minimum atomic E-state index is -0.949. The molecule has 0 radical (unpaired) electrons. The van der Waals surface area contributed by atoms with Gasteiger partial charge in [0.2, 0.25) is 0 Å². The van der Waals surface area contributed by atoms with Crippen LogP contribution in [-0.2, 0) is 0 Å². The van der Waals surface area contributed by atoms with Crippen molar-refractivity contribution >= 4 is 5.69 Å². The average molecular weight is 249 g/mol. The topological polar surface area (TPSA) is 35.2 Å². The van der Waals surface area contributed by atoms with E-state index in [1.807, 2.05) is 13.8 Å². The lowest BCUT2D eigenvalue weighted by atomic mass is 10.1. The normalized spacial score (nSPS) is 10.4. The summed E-state index contributed by atoms with van der Waals surface area (Å²) in [5, 5.41) is 0. The van der Waals surface area contributed by atoms with Gasteiger partial charge in [0.05, 0.1) is 5.69 Å². The van der Waals surface area contributed by atoms with Crippen molar-refractivity contribution in [1.29, 1.82) is 0 Å². The van der Waals surface area contributed by atoms with E-state index < -0.39 is 11.6 Å². The lowest BCUT2D eigenvalue weighted by Gasteiger charge is -2.11. The van der Waals surface area contributed by atoms with Gasteiger partial charge in [-0.3, -0.25) is 0 Å². The van der Waals surface area contributed by atoms with Crippen molar-refractivity contribution < 1.29 is 13.5 Å². The molecule has 2 nitrogen and oxygen atoms in total. The third kappa shape index (κ3) is 2.42. The lowest BCUT2D eigenvalue weighted by Crippen LogP contribution is -1.95. The number of ether oxygens (including phenoxy) is 1. The van der Waals surface area contributed by atoms with Crippen LogP contribution in [0.25, 0.3) is 0 Å². The van der Waals surface area contributed by atoms with Crippen LogP contribution < -0.4 is 10.5 Å². The Morgan fingerprint density at radius 1 is 0.944 bits per heavy atom. The molecule has 2 aromatic carbocycles. The molecule has 0 amide bonds. The van der Waals surface area contributed by atoms with Gasteiger partial charge >= 0.3 is 0 Å². The zero-order valence-electron chi connectivity index (χ0n) is 10.1. The predicted molar refractivity (Wildman–Crippen MR) is 66.8 cm³/mol. The Morgan fingerprint density at radius 2 is 1.61 bits per heavy atom. The largest absolute Gasteiger partial charge is 0.455 e. The van der Waals surface area contributed by atoms with Crippen LogP contribution in [0.3, 0.4) is 0 Å². The second-order valence-electron chi connectivity index (χ2n) is 4.15. The Bertz CT molecular complexity index is 597. The maximum absolute atomic E-state index is 13.0. The summed E-state index contributed by atoms with van der Waals surface area (Å²) < 4.78 is 31.3. The van der Waals surface area contributed by atoms with Gasteiger partial charge in [-0.15, -0.1) is 0 Å². The molecule has 0 fully saturated rings. The number of benzene rings is 2. The van der Waals surface area contributed by atoms with Gasteiger partial charge < -0.3 is 10.5 Å². The van der Waals surface area contributed by atoms with Gasteiger partial charge in [-0.05, 0) is 49.2 Å². The van der Waals surface area contributed by atoms with Crippen molar-refractivity contribution in [2.24, 2.45) is 0 Å². The molecular weight excluding hydrogens is 236 g/mol. The summed E-state index contributed by atoms with van der Waals surface area (Å²) in [5.74, 6) is -1.21. The molecule has 2 N–H and O–H groups in total.